The summed E-state index contributed by atoms with van der Waals surface area (Å²) < 4.78 is 10.4. The van der Waals surface area contributed by atoms with E-state index in [0.717, 1.165) is 43.6 Å². The Balaban J connectivity index is 1.39. The Morgan fingerprint density at radius 2 is 1.97 bits per heavy atom. The number of anilines is 1. The number of nitrogens with zero attached hydrogens (tertiary/aromatic N) is 5. The summed E-state index contributed by atoms with van der Waals surface area (Å²) in [5.41, 5.74) is 0.771. The Bertz CT molecular complexity index is 913. The lowest BCUT2D eigenvalue weighted by Crippen LogP contribution is -2.49. The molecule has 0 bridgehead atoms. The van der Waals surface area contributed by atoms with Gasteiger partial charge in [0.1, 0.15) is 5.82 Å². The van der Waals surface area contributed by atoms with Gasteiger partial charge in [-0.1, -0.05) is 5.16 Å². The van der Waals surface area contributed by atoms with E-state index in [1.54, 1.807) is 13.1 Å². The van der Waals surface area contributed by atoms with E-state index in [1.807, 2.05) is 24.0 Å². The Morgan fingerprint density at radius 3 is 2.68 bits per heavy atom. The van der Waals surface area contributed by atoms with E-state index >= 15 is 0 Å². The van der Waals surface area contributed by atoms with Crippen molar-refractivity contribution in [3.05, 3.63) is 24.2 Å². The molecule has 0 unspecified atom stereocenters. The number of esters is 1. The van der Waals surface area contributed by atoms with Gasteiger partial charge in [0.15, 0.2) is 5.82 Å². The van der Waals surface area contributed by atoms with Gasteiger partial charge in [-0.15, -0.1) is 0 Å². The number of pyridine rings is 1. The van der Waals surface area contributed by atoms with Crippen molar-refractivity contribution in [2.75, 3.05) is 37.7 Å². The number of carbonyl (C=O) groups is 2. The summed E-state index contributed by atoms with van der Waals surface area (Å²) in [6.07, 6.45) is 5.13. The lowest BCUT2D eigenvalue weighted by atomic mass is 9.93. The Hall–Kier alpha value is -2.97. The van der Waals surface area contributed by atoms with Crippen molar-refractivity contribution in [3.8, 4) is 11.5 Å². The highest BCUT2D eigenvalue weighted by Crippen LogP contribution is 2.27. The molecule has 0 radical (unpaired) electrons. The van der Waals surface area contributed by atoms with Gasteiger partial charge in [0.25, 0.3) is 5.89 Å². The Kier molecular flexibility index (Phi) is 6.48. The number of aryl methyl sites for hydroxylation is 1. The van der Waals surface area contributed by atoms with Crippen LogP contribution >= 0.6 is 0 Å². The van der Waals surface area contributed by atoms with Gasteiger partial charge in [-0.05, 0) is 51.7 Å². The van der Waals surface area contributed by atoms with Gasteiger partial charge in [0, 0.05) is 32.4 Å². The lowest BCUT2D eigenvalue weighted by molar-refractivity contribution is -0.152. The number of likely N-dealkylation sites (tertiary alicyclic amines) is 1. The molecule has 2 aliphatic rings. The topological polar surface area (TPSA) is 102 Å². The van der Waals surface area contributed by atoms with Gasteiger partial charge in [-0.3, -0.25) is 9.59 Å². The first-order chi connectivity index (χ1) is 15.0. The summed E-state index contributed by atoms with van der Waals surface area (Å²) in [6, 6.07) is 3.84. The van der Waals surface area contributed by atoms with Crippen molar-refractivity contribution in [2.24, 2.45) is 11.8 Å². The molecule has 31 heavy (non-hydrogen) atoms. The molecule has 4 heterocycles. The molecule has 2 aromatic rings. The van der Waals surface area contributed by atoms with Crippen molar-refractivity contribution in [2.45, 2.75) is 39.5 Å². The molecule has 0 spiro atoms. The molecule has 0 saturated carbocycles. The van der Waals surface area contributed by atoms with Gasteiger partial charge >= 0.3 is 5.97 Å². The molecule has 0 aromatic carbocycles. The summed E-state index contributed by atoms with van der Waals surface area (Å²) >= 11 is 0. The lowest BCUT2D eigenvalue weighted by Gasteiger charge is -2.38. The maximum Gasteiger partial charge on any atom is 0.310 e. The summed E-state index contributed by atoms with van der Waals surface area (Å²) in [6.45, 7) is 6.62. The molecular weight excluding hydrogens is 398 g/mol. The summed E-state index contributed by atoms with van der Waals surface area (Å²) in [5, 5.41) is 3.81. The quantitative estimate of drug-likeness (QED) is 0.671. The fourth-order valence-corrected chi connectivity index (χ4v) is 4.39. The molecule has 2 aliphatic heterocycles. The average Bonchev–Trinajstić information content (AvgIpc) is 3.25. The van der Waals surface area contributed by atoms with Crippen molar-refractivity contribution >= 4 is 17.7 Å². The molecule has 166 valence electrons. The van der Waals surface area contributed by atoms with E-state index in [9.17, 15) is 9.59 Å². The van der Waals surface area contributed by atoms with Crippen LogP contribution in [0.15, 0.2) is 22.9 Å². The van der Waals surface area contributed by atoms with E-state index in [0.29, 0.717) is 38.0 Å². The Labute approximate surface area is 181 Å². The molecule has 0 aliphatic carbocycles. The molecule has 2 fully saturated rings. The first-order valence-electron chi connectivity index (χ1n) is 11.0. The zero-order chi connectivity index (χ0) is 21.8. The molecule has 0 N–H and O–H groups in total. The minimum atomic E-state index is -0.208. The van der Waals surface area contributed by atoms with Crippen molar-refractivity contribution in [3.63, 3.8) is 0 Å². The maximum atomic E-state index is 13.2. The van der Waals surface area contributed by atoms with E-state index in [4.69, 9.17) is 9.26 Å². The highest BCUT2D eigenvalue weighted by Gasteiger charge is 2.34. The molecule has 2 saturated heterocycles. The largest absolute Gasteiger partial charge is 0.466 e. The highest BCUT2D eigenvalue weighted by molar-refractivity contribution is 5.81. The summed E-state index contributed by atoms with van der Waals surface area (Å²) in [7, 11) is 0. The van der Waals surface area contributed by atoms with Crippen LogP contribution in [0, 0.1) is 18.8 Å². The van der Waals surface area contributed by atoms with Crippen molar-refractivity contribution in [1.29, 1.82) is 0 Å². The first kappa shape index (κ1) is 21.3. The van der Waals surface area contributed by atoms with Crippen LogP contribution in [0.4, 0.5) is 5.82 Å². The van der Waals surface area contributed by atoms with E-state index in [2.05, 4.69) is 20.0 Å². The number of piperidine rings is 2. The van der Waals surface area contributed by atoms with Crippen LogP contribution in [-0.4, -0.2) is 64.7 Å². The molecule has 2 aromatic heterocycles. The number of amides is 1. The average molecular weight is 428 g/mol. The third-order valence-electron chi connectivity index (χ3n) is 5.97. The third-order valence-corrected chi connectivity index (χ3v) is 5.97. The van der Waals surface area contributed by atoms with Crippen LogP contribution < -0.4 is 4.90 Å². The summed E-state index contributed by atoms with van der Waals surface area (Å²) in [4.78, 5) is 38.1. The number of rotatable bonds is 5. The fourth-order valence-electron chi connectivity index (χ4n) is 4.39. The smallest absolute Gasteiger partial charge is 0.310 e. The van der Waals surface area contributed by atoms with Gasteiger partial charge < -0.3 is 19.1 Å². The first-order valence-corrected chi connectivity index (χ1v) is 11.0. The number of aromatic nitrogens is 3. The molecule has 9 nitrogen and oxygen atoms in total. The van der Waals surface area contributed by atoms with E-state index < -0.39 is 0 Å². The Morgan fingerprint density at radius 1 is 1.16 bits per heavy atom. The zero-order valence-electron chi connectivity index (χ0n) is 18.1. The van der Waals surface area contributed by atoms with Crippen molar-refractivity contribution < 1.29 is 18.8 Å². The minimum absolute atomic E-state index is 0.0882. The molecular formula is C22H29N5O4. The molecule has 1 amide bonds. The van der Waals surface area contributed by atoms with E-state index in [-0.39, 0.29) is 23.7 Å². The van der Waals surface area contributed by atoms with Crippen LogP contribution in [0.3, 0.4) is 0 Å². The highest BCUT2D eigenvalue weighted by atomic mass is 16.5. The van der Waals surface area contributed by atoms with Gasteiger partial charge in [0.2, 0.25) is 5.91 Å². The fraction of sp³-hybridized carbons (Fsp3) is 0.591. The van der Waals surface area contributed by atoms with Crippen LogP contribution in [0.25, 0.3) is 11.5 Å². The van der Waals surface area contributed by atoms with Crippen LogP contribution in [0.1, 0.15) is 38.4 Å². The second-order valence-electron chi connectivity index (χ2n) is 8.21. The second-order valence-corrected chi connectivity index (χ2v) is 8.21. The van der Waals surface area contributed by atoms with Crippen molar-refractivity contribution in [1.82, 2.24) is 20.0 Å². The molecule has 2 atom stereocenters. The zero-order valence-corrected chi connectivity index (χ0v) is 18.1. The predicted molar refractivity (Wildman–Crippen MR) is 113 cm³/mol. The van der Waals surface area contributed by atoms with E-state index in [1.165, 1.54) is 0 Å². The SMILES string of the molecule is CCOC(=O)[C@@H]1CCCN(C(=O)[C@H]2CCCN(c3ccc(-c4nc(C)no4)cn3)C2)C1. The standard InChI is InChI=1S/C22H29N5O4/c1-3-30-22(29)18-7-5-11-27(14-18)21(28)17-6-4-10-26(13-17)19-9-8-16(12-23-19)20-24-15(2)25-31-20/h8-9,12,17-18H,3-7,10-11,13-14H2,1-2H3/t17-,18+/m0/s1. The van der Waals surface area contributed by atoms with Crippen LogP contribution in [-0.2, 0) is 14.3 Å². The normalized spacial score (nSPS) is 21.7. The molecule has 4 rings (SSSR count). The number of ether oxygens (including phenoxy) is 1. The summed E-state index contributed by atoms with van der Waals surface area (Å²) in [5.74, 6) is 1.52. The number of carbonyl (C=O) groups excluding carboxylic acids is 2. The number of hydrogen-bond donors (Lipinski definition) is 0. The predicted octanol–water partition coefficient (Wildman–Crippen LogP) is 2.46. The second kappa shape index (κ2) is 9.45. The third kappa shape index (κ3) is 4.86. The minimum Gasteiger partial charge on any atom is -0.466 e. The van der Waals surface area contributed by atoms with Gasteiger partial charge in [-0.2, -0.15) is 4.98 Å². The molecule has 9 heteroatoms. The number of hydrogen-bond acceptors (Lipinski definition) is 8. The van der Waals surface area contributed by atoms with Gasteiger partial charge in [0.05, 0.1) is 24.0 Å². The van der Waals surface area contributed by atoms with Crippen LogP contribution in [0.5, 0.6) is 0 Å². The monoisotopic (exact) mass is 427 g/mol. The maximum absolute atomic E-state index is 13.2. The van der Waals surface area contributed by atoms with Gasteiger partial charge in [-0.25, -0.2) is 4.98 Å². The van der Waals surface area contributed by atoms with Crippen LogP contribution in [0.2, 0.25) is 0 Å².